The van der Waals surface area contributed by atoms with Gasteiger partial charge in [0.2, 0.25) is 0 Å². The van der Waals surface area contributed by atoms with Gasteiger partial charge in [0.25, 0.3) is 7.82 Å². The Morgan fingerprint density at radius 3 is 1.21 bits per heavy atom. The lowest BCUT2D eigenvalue weighted by molar-refractivity contribution is -0.870. The molecule has 0 aromatic rings. The summed E-state index contributed by atoms with van der Waals surface area (Å²) in [7, 11) is 1.15. The highest BCUT2D eigenvalue weighted by atomic mass is 31.2. The first kappa shape index (κ1) is 68.2. The Morgan fingerprint density at radius 1 is 0.451 bits per heavy atom. The van der Waals surface area contributed by atoms with Gasteiger partial charge >= 0.3 is 11.9 Å². The van der Waals surface area contributed by atoms with E-state index < -0.39 is 26.5 Å². The zero-order chi connectivity index (χ0) is 52.0. The molecule has 2 unspecified atom stereocenters. The third-order valence-electron chi connectivity index (χ3n) is 12.1. The molecule has 0 radical (unpaired) electrons. The first-order valence-electron chi connectivity index (χ1n) is 28.8. The van der Waals surface area contributed by atoms with Gasteiger partial charge in [0.15, 0.2) is 6.10 Å². The van der Waals surface area contributed by atoms with Gasteiger partial charge in [0.1, 0.15) is 19.8 Å². The van der Waals surface area contributed by atoms with Gasteiger partial charge in [0, 0.05) is 12.8 Å². The highest BCUT2D eigenvalue weighted by Crippen LogP contribution is 2.38. The van der Waals surface area contributed by atoms with Gasteiger partial charge in [-0.15, -0.1) is 0 Å². The molecule has 0 spiro atoms. The molecular formula is C61H108NO8P. The summed E-state index contributed by atoms with van der Waals surface area (Å²) in [4.78, 5) is 37.9. The van der Waals surface area contributed by atoms with Crippen LogP contribution in [-0.4, -0.2) is 70.0 Å². The summed E-state index contributed by atoms with van der Waals surface area (Å²) in [6.45, 7) is 4.12. The summed E-state index contributed by atoms with van der Waals surface area (Å²) in [6, 6.07) is 0. The van der Waals surface area contributed by atoms with Crippen LogP contribution in [0.25, 0.3) is 0 Å². The van der Waals surface area contributed by atoms with Crippen LogP contribution in [0.3, 0.4) is 0 Å². The van der Waals surface area contributed by atoms with Crippen LogP contribution in [0.2, 0.25) is 0 Å². The number of likely N-dealkylation sites (N-methyl/N-ethyl adjacent to an activating group) is 1. The minimum absolute atomic E-state index is 0.0355. The van der Waals surface area contributed by atoms with E-state index in [0.29, 0.717) is 17.4 Å². The van der Waals surface area contributed by atoms with Crippen molar-refractivity contribution in [1.29, 1.82) is 0 Å². The van der Waals surface area contributed by atoms with Crippen LogP contribution >= 0.6 is 7.82 Å². The molecule has 410 valence electrons. The SMILES string of the molecule is CC/C=C\C/C=C\C/C=C\C/C=C\C/C=C\C/C=C\CCCCCCCCCCCCC(=O)OC(COC(=O)CCCCCCCCC/C=C\CCCCCCCCC)COP(=O)([O-])OCC[N+](C)(C)C. The van der Waals surface area contributed by atoms with E-state index >= 15 is 0 Å². The van der Waals surface area contributed by atoms with Crippen molar-refractivity contribution in [1.82, 2.24) is 0 Å². The second kappa shape index (κ2) is 52.1. The van der Waals surface area contributed by atoms with Crippen LogP contribution in [0.1, 0.15) is 239 Å². The molecule has 0 saturated carbocycles. The second-order valence-corrected chi connectivity index (χ2v) is 21.7. The molecule has 0 aliphatic rings. The highest BCUT2D eigenvalue weighted by Gasteiger charge is 2.21. The van der Waals surface area contributed by atoms with E-state index in [1.807, 2.05) is 21.1 Å². The number of carbonyl (C=O) groups excluding carboxylic acids is 2. The summed E-state index contributed by atoms with van der Waals surface area (Å²) in [5, 5.41) is 0. The smallest absolute Gasteiger partial charge is 0.306 e. The van der Waals surface area contributed by atoms with Gasteiger partial charge in [-0.1, -0.05) is 221 Å². The highest BCUT2D eigenvalue weighted by molar-refractivity contribution is 7.45. The number of ether oxygens (including phenoxy) is 2. The summed E-state index contributed by atoms with van der Waals surface area (Å²) in [5.41, 5.74) is 0. The fourth-order valence-corrected chi connectivity index (χ4v) is 8.44. The summed E-state index contributed by atoms with van der Waals surface area (Å²) < 4.78 is 34.1. The van der Waals surface area contributed by atoms with Crippen molar-refractivity contribution in [3.05, 3.63) is 85.1 Å². The van der Waals surface area contributed by atoms with E-state index in [-0.39, 0.29) is 32.0 Å². The second-order valence-electron chi connectivity index (χ2n) is 20.3. The standard InChI is InChI=1S/C61H108NO8P/c1-6-8-10-12-14-16-18-20-22-24-26-27-28-29-30-31-32-33-34-35-36-38-40-42-44-46-48-50-52-54-61(64)70-59(58-69-71(65,66)68-56-55-62(3,4)5)57-67-60(63)53-51-49-47-45-43-41-39-37-25-23-21-19-17-15-13-11-9-7-2/h8,10,14,16,20,22-23,25-27,29-30,32-33,59H,6-7,9,11-13,15,17-19,21,24,28,31,34-58H2,1-5H3/b10-8-,16-14-,22-20-,25-23-,27-26-,30-29-,33-32-. The predicted molar refractivity (Wildman–Crippen MR) is 300 cm³/mol. The number of unbranched alkanes of at least 4 members (excludes halogenated alkanes) is 24. The number of quaternary nitrogens is 1. The number of phosphoric acid groups is 1. The quantitative estimate of drug-likeness (QED) is 0.0195. The van der Waals surface area contributed by atoms with Crippen molar-refractivity contribution in [2.75, 3.05) is 47.5 Å². The van der Waals surface area contributed by atoms with Gasteiger partial charge in [-0.2, -0.15) is 0 Å². The molecule has 71 heavy (non-hydrogen) atoms. The van der Waals surface area contributed by atoms with Gasteiger partial charge < -0.3 is 27.9 Å². The van der Waals surface area contributed by atoms with Crippen LogP contribution in [0.4, 0.5) is 0 Å². The predicted octanol–water partition coefficient (Wildman–Crippen LogP) is 17.2. The fraction of sp³-hybridized carbons (Fsp3) is 0.738. The maximum atomic E-state index is 12.8. The summed E-state index contributed by atoms with van der Waals surface area (Å²) in [5.74, 6) is -0.843. The number of esters is 2. The zero-order valence-corrected chi connectivity index (χ0v) is 47.3. The van der Waals surface area contributed by atoms with Crippen LogP contribution in [-0.2, 0) is 32.7 Å². The average Bonchev–Trinajstić information content (AvgIpc) is 3.33. The zero-order valence-electron chi connectivity index (χ0n) is 46.4. The number of hydrogen-bond acceptors (Lipinski definition) is 8. The van der Waals surface area contributed by atoms with Crippen molar-refractivity contribution in [2.24, 2.45) is 0 Å². The molecule has 0 N–H and O–H groups in total. The number of hydrogen-bond donors (Lipinski definition) is 0. The molecule has 0 heterocycles. The van der Waals surface area contributed by atoms with Crippen LogP contribution in [0.15, 0.2) is 85.1 Å². The van der Waals surface area contributed by atoms with Crippen molar-refractivity contribution < 1.29 is 42.1 Å². The van der Waals surface area contributed by atoms with E-state index in [2.05, 4.69) is 98.9 Å². The van der Waals surface area contributed by atoms with Crippen molar-refractivity contribution in [2.45, 2.75) is 245 Å². The van der Waals surface area contributed by atoms with Crippen molar-refractivity contribution in [3.8, 4) is 0 Å². The molecule has 0 amide bonds. The topological polar surface area (TPSA) is 111 Å². The molecule has 0 bridgehead atoms. The Labute approximate surface area is 437 Å². The Morgan fingerprint density at radius 2 is 0.803 bits per heavy atom. The van der Waals surface area contributed by atoms with Crippen molar-refractivity contribution in [3.63, 3.8) is 0 Å². The Hall–Kier alpha value is -2.81. The molecule has 0 rings (SSSR count). The fourth-order valence-electron chi connectivity index (χ4n) is 7.71. The Bertz CT molecular complexity index is 1470. The van der Waals surface area contributed by atoms with Crippen molar-refractivity contribution >= 4 is 19.8 Å². The number of allylic oxidation sites excluding steroid dienone is 14. The lowest BCUT2D eigenvalue weighted by Gasteiger charge is -2.28. The number of carbonyl (C=O) groups is 2. The average molecular weight is 1010 g/mol. The molecule has 0 aromatic heterocycles. The minimum Gasteiger partial charge on any atom is -0.756 e. The maximum absolute atomic E-state index is 12.8. The molecule has 0 aliphatic carbocycles. The number of phosphoric ester groups is 1. The van der Waals surface area contributed by atoms with Gasteiger partial charge in [0.05, 0.1) is 27.7 Å². The Balaban J connectivity index is 4.19. The normalized spacial score (nSPS) is 13.9. The van der Waals surface area contributed by atoms with Crippen LogP contribution in [0.5, 0.6) is 0 Å². The van der Waals surface area contributed by atoms with E-state index in [1.165, 1.54) is 109 Å². The molecule has 10 heteroatoms. The van der Waals surface area contributed by atoms with Crippen LogP contribution in [0, 0.1) is 0 Å². The summed E-state index contributed by atoms with van der Waals surface area (Å²) in [6.07, 6.45) is 69.0. The lowest BCUT2D eigenvalue weighted by Crippen LogP contribution is -2.37. The van der Waals surface area contributed by atoms with E-state index in [9.17, 15) is 19.0 Å². The molecule has 0 fully saturated rings. The monoisotopic (exact) mass is 1010 g/mol. The molecule has 0 saturated heterocycles. The number of rotatable bonds is 52. The molecule has 0 aromatic carbocycles. The maximum Gasteiger partial charge on any atom is 0.306 e. The van der Waals surface area contributed by atoms with Gasteiger partial charge in [-0.25, -0.2) is 0 Å². The third-order valence-corrected chi connectivity index (χ3v) is 13.1. The first-order valence-corrected chi connectivity index (χ1v) is 30.3. The van der Waals surface area contributed by atoms with Crippen LogP contribution < -0.4 is 4.89 Å². The third kappa shape index (κ3) is 56.3. The summed E-state index contributed by atoms with van der Waals surface area (Å²) >= 11 is 0. The molecule has 2 atom stereocenters. The van der Waals surface area contributed by atoms with E-state index in [0.717, 1.165) is 96.3 Å². The number of nitrogens with zero attached hydrogens (tertiary/aromatic N) is 1. The first-order chi connectivity index (χ1) is 34.5. The van der Waals surface area contributed by atoms with Gasteiger partial charge in [-0.3, -0.25) is 14.2 Å². The Kier molecular flexibility index (Phi) is 50.0. The lowest BCUT2D eigenvalue weighted by atomic mass is 10.0. The molecule has 9 nitrogen and oxygen atoms in total. The molecule has 0 aliphatic heterocycles. The van der Waals surface area contributed by atoms with E-state index in [4.69, 9.17) is 18.5 Å². The molecular weight excluding hydrogens is 906 g/mol. The van der Waals surface area contributed by atoms with E-state index in [1.54, 1.807) is 0 Å². The van der Waals surface area contributed by atoms with Gasteiger partial charge in [-0.05, 0) is 89.9 Å². The largest absolute Gasteiger partial charge is 0.756 e. The minimum atomic E-state index is -4.64.